The van der Waals surface area contributed by atoms with Crippen molar-refractivity contribution < 1.29 is 9.53 Å². The number of thioether (sulfide) groups is 1. The van der Waals surface area contributed by atoms with E-state index in [-0.39, 0.29) is 11.7 Å². The van der Waals surface area contributed by atoms with Crippen molar-refractivity contribution in [2.45, 2.75) is 51.2 Å². The lowest BCUT2D eigenvalue weighted by Crippen LogP contribution is -2.14. The Balaban J connectivity index is 1.47. The average molecular weight is 457 g/mol. The van der Waals surface area contributed by atoms with Gasteiger partial charge in [-0.2, -0.15) is 0 Å². The molecular formula is C23H28N4O2S2. The summed E-state index contributed by atoms with van der Waals surface area (Å²) in [6.45, 7) is 5.32. The normalized spacial score (nSPS) is 15.5. The summed E-state index contributed by atoms with van der Waals surface area (Å²) in [4.78, 5) is 13.9. The number of thiophene rings is 1. The number of nitrogens with zero attached hydrogens (tertiary/aromatic N) is 3. The monoisotopic (exact) mass is 456 g/mol. The van der Waals surface area contributed by atoms with Gasteiger partial charge in [0.25, 0.3) is 0 Å². The van der Waals surface area contributed by atoms with Crippen LogP contribution in [-0.4, -0.2) is 33.5 Å². The Morgan fingerprint density at radius 1 is 1.32 bits per heavy atom. The molecule has 1 atom stereocenters. The van der Waals surface area contributed by atoms with Crippen LogP contribution in [0.4, 0.5) is 5.69 Å². The minimum Gasteiger partial charge on any atom is -0.497 e. The highest BCUT2D eigenvalue weighted by Crippen LogP contribution is 2.38. The summed E-state index contributed by atoms with van der Waals surface area (Å²) < 4.78 is 7.33. The third-order valence-electron chi connectivity index (χ3n) is 5.51. The maximum Gasteiger partial charge on any atom is 0.234 e. The molecule has 164 valence electrons. The van der Waals surface area contributed by atoms with E-state index in [0.29, 0.717) is 0 Å². The second-order valence-electron chi connectivity index (χ2n) is 7.92. The van der Waals surface area contributed by atoms with Crippen LogP contribution in [0.25, 0.3) is 11.4 Å². The number of carbonyl (C=O) groups excluding carboxylic acids is 1. The zero-order valence-electron chi connectivity index (χ0n) is 18.2. The zero-order valence-corrected chi connectivity index (χ0v) is 19.8. The van der Waals surface area contributed by atoms with Gasteiger partial charge in [0.05, 0.1) is 12.9 Å². The average Bonchev–Trinajstić information content (AvgIpc) is 3.36. The van der Waals surface area contributed by atoms with Gasteiger partial charge in [-0.05, 0) is 61.4 Å². The van der Waals surface area contributed by atoms with E-state index in [0.717, 1.165) is 54.1 Å². The van der Waals surface area contributed by atoms with E-state index >= 15 is 0 Å². The molecule has 1 aliphatic carbocycles. The summed E-state index contributed by atoms with van der Waals surface area (Å²) in [5.41, 5.74) is 3.42. The van der Waals surface area contributed by atoms with Gasteiger partial charge in [-0.25, -0.2) is 0 Å². The molecular weight excluding hydrogens is 428 g/mol. The Morgan fingerprint density at radius 2 is 2.13 bits per heavy atom. The Bertz CT molecular complexity index is 1040. The lowest BCUT2D eigenvalue weighted by atomic mass is 9.88. The zero-order chi connectivity index (χ0) is 21.8. The van der Waals surface area contributed by atoms with E-state index < -0.39 is 0 Å². The summed E-state index contributed by atoms with van der Waals surface area (Å²) in [6, 6.07) is 7.32. The Morgan fingerprint density at radius 3 is 2.87 bits per heavy atom. The van der Waals surface area contributed by atoms with Crippen molar-refractivity contribution in [1.29, 1.82) is 0 Å². The first-order chi connectivity index (χ1) is 15.1. The molecule has 2 aromatic heterocycles. The van der Waals surface area contributed by atoms with Crippen molar-refractivity contribution in [3.05, 3.63) is 40.1 Å². The van der Waals surface area contributed by atoms with Gasteiger partial charge in [0.1, 0.15) is 5.75 Å². The second kappa shape index (κ2) is 9.87. The molecule has 1 aromatic carbocycles. The molecule has 0 radical (unpaired) electrons. The number of amides is 1. The number of methoxy groups -OCH3 is 1. The van der Waals surface area contributed by atoms with Crippen molar-refractivity contribution in [2.24, 2.45) is 5.92 Å². The minimum atomic E-state index is -0.0651. The van der Waals surface area contributed by atoms with Crippen LogP contribution in [0.1, 0.15) is 37.1 Å². The molecule has 0 spiro atoms. The molecule has 0 bridgehead atoms. The van der Waals surface area contributed by atoms with Crippen molar-refractivity contribution >= 4 is 34.7 Å². The number of anilines is 1. The summed E-state index contributed by atoms with van der Waals surface area (Å²) >= 11 is 3.28. The number of rotatable bonds is 8. The number of ether oxygens (including phenoxy) is 1. The van der Waals surface area contributed by atoms with Crippen LogP contribution < -0.4 is 10.1 Å². The molecule has 6 nitrogen and oxygen atoms in total. The molecule has 8 heteroatoms. The lowest BCUT2D eigenvalue weighted by molar-refractivity contribution is -0.113. The van der Waals surface area contributed by atoms with E-state index in [1.807, 2.05) is 35.6 Å². The van der Waals surface area contributed by atoms with Gasteiger partial charge in [-0.15, -0.1) is 21.5 Å². The summed E-state index contributed by atoms with van der Waals surface area (Å²) in [5, 5.41) is 14.9. The first-order valence-electron chi connectivity index (χ1n) is 10.7. The van der Waals surface area contributed by atoms with Crippen molar-refractivity contribution in [1.82, 2.24) is 14.8 Å². The van der Waals surface area contributed by atoms with E-state index in [4.69, 9.17) is 4.74 Å². The predicted octanol–water partition coefficient (Wildman–Crippen LogP) is 5.28. The Labute approximate surface area is 191 Å². The maximum absolute atomic E-state index is 12.4. The van der Waals surface area contributed by atoms with Gasteiger partial charge in [-0.1, -0.05) is 25.6 Å². The van der Waals surface area contributed by atoms with Crippen LogP contribution in [0.15, 0.2) is 34.8 Å². The van der Waals surface area contributed by atoms with Gasteiger partial charge in [0, 0.05) is 28.1 Å². The van der Waals surface area contributed by atoms with E-state index in [2.05, 4.69) is 39.3 Å². The van der Waals surface area contributed by atoms with Crippen LogP contribution in [0.3, 0.4) is 0 Å². The number of nitrogens with one attached hydrogen (secondary N) is 1. The fraction of sp³-hybridized carbons (Fsp3) is 0.435. The third kappa shape index (κ3) is 4.96. The molecule has 0 saturated carbocycles. The molecule has 3 aromatic rings. The summed E-state index contributed by atoms with van der Waals surface area (Å²) in [5.74, 6) is 2.67. The van der Waals surface area contributed by atoms with Gasteiger partial charge in [0.15, 0.2) is 11.0 Å². The summed E-state index contributed by atoms with van der Waals surface area (Å²) in [6.07, 6.45) is 4.49. The highest BCUT2D eigenvalue weighted by Gasteiger charge is 2.24. The molecule has 1 unspecified atom stereocenters. The van der Waals surface area contributed by atoms with Crippen LogP contribution in [-0.2, 0) is 24.2 Å². The Hall–Kier alpha value is -2.32. The summed E-state index contributed by atoms with van der Waals surface area (Å²) in [7, 11) is 1.62. The van der Waals surface area contributed by atoms with Gasteiger partial charge >= 0.3 is 0 Å². The van der Waals surface area contributed by atoms with Crippen molar-refractivity contribution in [3.8, 4) is 17.1 Å². The predicted molar refractivity (Wildman–Crippen MR) is 127 cm³/mol. The van der Waals surface area contributed by atoms with Gasteiger partial charge < -0.3 is 14.6 Å². The Kier molecular flexibility index (Phi) is 6.97. The largest absolute Gasteiger partial charge is 0.497 e. The molecule has 2 heterocycles. The van der Waals surface area contributed by atoms with Gasteiger partial charge in [0.2, 0.25) is 5.91 Å². The first-order valence-corrected chi connectivity index (χ1v) is 12.5. The van der Waals surface area contributed by atoms with Crippen LogP contribution in [0.5, 0.6) is 5.75 Å². The maximum atomic E-state index is 12.4. The van der Waals surface area contributed by atoms with Crippen molar-refractivity contribution in [2.75, 3.05) is 18.2 Å². The fourth-order valence-electron chi connectivity index (χ4n) is 3.89. The molecule has 0 fully saturated rings. The minimum absolute atomic E-state index is 0.0651. The SMILES string of the molecule is CCCn1c(SCC(=O)Nc2ccc(OC)cc2)nnc1-c1csc2c1CCC(C)C2. The quantitative estimate of drug-likeness (QED) is 0.467. The number of hydrogen-bond donors (Lipinski definition) is 1. The molecule has 0 aliphatic heterocycles. The number of fused-ring (bicyclic) bond motifs is 1. The lowest BCUT2D eigenvalue weighted by Gasteiger charge is -2.19. The molecule has 31 heavy (non-hydrogen) atoms. The van der Waals surface area contributed by atoms with Crippen LogP contribution in [0, 0.1) is 5.92 Å². The topological polar surface area (TPSA) is 69.0 Å². The molecule has 0 saturated heterocycles. The van der Waals surface area contributed by atoms with Crippen LogP contribution >= 0.6 is 23.1 Å². The van der Waals surface area contributed by atoms with Crippen molar-refractivity contribution in [3.63, 3.8) is 0 Å². The van der Waals surface area contributed by atoms with E-state index in [9.17, 15) is 4.79 Å². The highest BCUT2D eigenvalue weighted by atomic mass is 32.2. The number of carbonyl (C=O) groups is 1. The van der Waals surface area contributed by atoms with E-state index in [1.165, 1.54) is 34.2 Å². The number of hydrogen-bond acceptors (Lipinski definition) is 6. The van der Waals surface area contributed by atoms with Gasteiger partial charge in [-0.3, -0.25) is 4.79 Å². The molecule has 1 amide bonds. The third-order valence-corrected chi connectivity index (χ3v) is 7.53. The standard InChI is InChI=1S/C23H28N4O2S2/c1-4-11-27-22(19-13-30-20-12-15(2)5-10-18(19)20)25-26-23(27)31-14-21(28)24-16-6-8-17(29-3)9-7-16/h6-9,13,15H,4-5,10-12,14H2,1-3H3,(H,24,28). The van der Waals surface area contributed by atoms with Crippen LogP contribution in [0.2, 0.25) is 0 Å². The smallest absolute Gasteiger partial charge is 0.234 e. The molecule has 1 aliphatic rings. The second-order valence-corrected chi connectivity index (χ2v) is 9.83. The fourth-order valence-corrected chi connectivity index (χ4v) is 5.89. The number of aromatic nitrogens is 3. The molecule has 1 N–H and O–H groups in total. The van der Waals surface area contributed by atoms with E-state index in [1.54, 1.807) is 7.11 Å². The molecule has 4 rings (SSSR count). The number of benzene rings is 1. The first kappa shape index (κ1) is 21.9. The highest BCUT2D eigenvalue weighted by molar-refractivity contribution is 7.99.